The van der Waals surface area contributed by atoms with E-state index in [2.05, 4.69) is 5.16 Å². The van der Waals surface area contributed by atoms with E-state index in [0.29, 0.717) is 24.4 Å². The van der Waals surface area contributed by atoms with Crippen LogP contribution in [0.5, 0.6) is 0 Å². The third kappa shape index (κ3) is 3.82. The highest BCUT2D eigenvalue weighted by Crippen LogP contribution is 2.27. The Labute approximate surface area is 122 Å². The average molecular weight is 296 g/mol. The Kier molecular flexibility index (Phi) is 5.92. The Morgan fingerprint density at radius 2 is 2.29 bits per heavy atom. The molecule has 0 aliphatic rings. The number of non-ortho nitro benzene ring substituents is 1. The molecule has 1 aromatic carbocycles. The van der Waals surface area contributed by atoms with Gasteiger partial charge in [0, 0.05) is 37.5 Å². The summed E-state index contributed by atoms with van der Waals surface area (Å²) in [4.78, 5) is 12.3. The SMILES string of the molecule is CCN(c1ccc([N+](=O)[O-])cc1C(N)=NO)C(C)COC. The van der Waals surface area contributed by atoms with Crippen molar-refractivity contribution in [1.82, 2.24) is 0 Å². The Morgan fingerprint density at radius 1 is 1.62 bits per heavy atom. The van der Waals surface area contributed by atoms with Crippen LogP contribution in [0.25, 0.3) is 0 Å². The molecule has 0 aliphatic carbocycles. The molecular weight excluding hydrogens is 276 g/mol. The van der Waals surface area contributed by atoms with Gasteiger partial charge in [0.1, 0.15) is 0 Å². The van der Waals surface area contributed by atoms with E-state index < -0.39 is 4.92 Å². The molecule has 1 atom stereocenters. The summed E-state index contributed by atoms with van der Waals surface area (Å²) in [6.45, 7) is 5.04. The first-order valence-electron chi connectivity index (χ1n) is 6.48. The molecule has 0 amide bonds. The molecule has 8 heteroatoms. The fourth-order valence-corrected chi connectivity index (χ4v) is 2.20. The van der Waals surface area contributed by atoms with Crippen LogP contribution in [-0.2, 0) is 4.74 Å². The number of hydrogen-bond acceptors (Lipinski definition) is 6. The van der Waals surface area contributed by atoms with Gasteiger partial charge in [0.2, 0.25) is 0 Å². The zero-order chi connectivity index (χ0) is 16.0. The van der Waals surface area contributed by atoms with Crippen molar-refractivity contribution in [3.8, 4) is 0 Å². The summed E-state index contributed by atoms with van der Waals surface area (Å²) in [5.74, 6) is -0.170. The minimum atomic E-state index is -0.521. The lowest BCUT2D eigenvalue weighted by molar-refractivity contribution is -0.384. The van der Waals surface area contributed by atoms with Gasteiger partial charge in [0.25, 0.3) is 5.69 Å². The van der Waals surface area contributed by atoms with E-state index in [9.17, 15) is 10.1 Å². The molecular formula is C13H20N4O4. The Morgan fingerprint density at radius 3 is 2.76 bits per heavy atom. The minimum Gasteiger partial charge on any atom is -0.409 e. The summed E-state index contributed by atoms with van der Waals surface area (Å²) in [6, 6.07) is 4.33. The molecule has 3 N–H and O–H groups in total. The maximum absolute atomic E-state index is 10.9. The number of nitro groups is 1. The highest BCUT2D eigenvalue weighted by molar-refractivity contribution is 6.02. The molecule has 1 unspecified atom stereocenters. The molecule has 0 fully saturated rings. The van der Waals surface area contributed by atoms with E-state index in [-0.39, 0.29) is 17.6 Å². The highest BCUT2D eigenvalue weighted by atomic mass is 16.6. The van der Waals surface area contributed by atoms with Crippen LogP contribution < -0.4 is 10.6 Å². The molecule has 0 aromatic heterocycles. The van der Waals surface area contributed by atoms with Crippen LogP contribution in [0.4, 0.5) is 11.4 Å². The van der Waals surface area contributed by atoms with Crippen molar-refractivity contribution in [2.24, 2.45) is 10.9 Å². The van der Waals surface area contributed by atoms with Crippen LogP contribution in [0.3, 0.4) is 0 Å². The van der Waals surface area contributed by atoms with Gasteiger partial charge < -0.3 is 20.6 Å². The smallest absolute Gasteiger partial charge is 0.270 e. The quantitative estimate of drug-likeness (QED) is 0.259. The van der Waals surface area contributed by atoms with Crippen molar-refractivity contribution >= 4 is 17.2 Å². The van der Waals surface area contributed by atoms with Crippen molar-refractivity contribution in [2.45, 2.75) is 19.9 Å². The van der Waals surface area contributed by atoms with Gasteiger partial charge in [-0.1, -0.05) is 5.16 Å². The number of anilines is 1. The number of likely N-dealkylation sites (N-methyl/N-ethyl adjacent to an activating group) is 1. The number of ether oxygens (including phenoxy) is 1. The summed E-state index contributed by atoms with van der Waals surface area (Å²) in [7, 11) is 1.60. The van der Waals surface area contributed by atoms with E-state index in [1.54, 1.807) is 13.2 Å². The van der Waals surface area contributed by atoms with Gasteiger partial charge in [-0.2, -0.15) is 0 Å². The first-order valence-corrected chi connectivity index (χ1v) is 6.48. The molecule has 1 rings (SSSR count). The van der Waals surface area contributed by atoms with Gasteiger partial charge in [-0.15, -0.1) is 0 Å². The van der Waals surface area contributed by atoms with Crippen molar-refractivity contribution in [2.75, 3.05) is 25.2 Å². The first-order chi connectivity index (χ1) is 9.96. The molecule has 0 saturated carbocycles. The number of benzene rings is 1. The van der Waals surface area contributed by atoms with Crippen LogP contribution in [0.15, 0.2) is 23.4 Å². The van der Waals surface area contributed by atoms with Gasteiger partial charge >= 0.3 is 0 Å². The number of nitrogens with two attached hydrogens (primary N) is 1. The average Bonchev–Trinajstić information content (AvgIpc) is 2.47. The fourth-order valence-electron chi connectivity index (χ4n) is 2.20. The second-order valence-corrected chi connectivity index (χ2v) is 4.53. The maximum atomic E-state index is 10.9. The molecule has 1 aromatic rings. The van der Waals surface area contributed by atoms with Crippen LogP contribution in [0, 0.1) is 10.1 Å². The standard InChI is InChI=1S/C13H20N4O4/c1-4-16(9(2)8-21-3)12-6-5-10(17(19)20)7-11(12)13(14)15-18/h5-7,9,18H,4,8H2,1-3H3,(H2,14,15). The van der Waals surface area contributed by atoms with E-state index in [0.717, 1.165) is 0 Å². The monoisotopic (exact) mass is 296 g/mol. The molecule has 116 valence electrons. The van der Waals surface area contributed by atoms with E-state index in [4.69, 9.17) is 15.7 Å². The number of methoxy groups -OCH3 is 1. The summed E-state index contributed by atoms with van der Waals surface area (Å²) in [6.07, 6.45) is 0. The van der Waals surface area contributed by atoms with Gasteiger partial charge in [-0.05, 0) is 19.9 Å². The van der Waals surface area contributed by atoms with Crippen LogP contribution in [0.2, 0.25) is 0 Å². The van der Waals surface area contributed by atoms with Crippen molar-refractivity contribution < 1.29 is 14.9 Å². The van der Waals surface area contributed by atoms with Gasteiger partial charge in [-0.25, -0.2) is 0 Å². The number of nitrogens with zero attached hydrogens (tertiary/aromatic N) is 3. The van der Waals surface area contributed by atoms with Crippen molar-refractivity contribution in [1.29, 1.82) is 0 Å². The topological polar surface area (TPSA) is 114 Å². The van der Waals surface area contributed by atoms with Crippen LogP contribution >= 0.6 is 0 Å². The molecule has 0 aliphatic heterocycles. The molecule has 21 heavy (non-hydrogen) atoms. The number of rotatable bonds is 7. The van der Waals surface area contributed by atoms with E-state index >= 15 is 0 Å². The number of oxime groups is 1. The molecule has 0 spiro atoms. The lowest BCUT2D eigenvalue weighted by Crippen LogP contribution is -2.37. The fraction of sp³-hybridized carbons (Fsp3) is 0.462. The Bertz CT molecular complexity index is 533. The van der Waals surface area contributed by atoms with Gasteiger partial charge in [-0.3, -0.25) is 10.1 Å². The van der Waals surface area contributed by atoms with Crippen LogP contribution in [-0.4, -0.2) is 42.3 Å². The minimum absolute atomic E-state index is 0.0340. The van der Waals surface area contributed by atoms with Crippen molar-refractivity contribution in [3.05, 3.63) is 33.9 Å². The lowest BCUT2D eigenvalue weighted by atomic mass is 10.1. The number of hydrogen-bond donors (Lipinski definition) is 2. The lowest BCUT2D eigenvalue weighted by Gasteiger charge is -2.31. The zero-order valence-corrected chi connectivity index (χ0v) is 12.3. The van der Waals surface area contributed by atoms with E-state index in [1.165, 1.54) is 12.1 Å². The predicted molar refractivity (Wildman–Crippen MR) is 80.0 cm³/mol. The van der Waals surface area contributed by atoms with Gasteiger partial charge in [0.15, 0.2) is 5.84 Å². The van der Waals surface area contributed by atoms with Gasteiger partial charge in [0.05, 0.1) is 17.1 Å². The van der Waals surface area contributed by atoms with Crippen LogP contribution in [0.1, 0.15) is 19.4 Å². The summed E-state index contributed by atoms with van der Waals surface area (Å²) in [5, 5.41) is 22.7. The first kappa shape index (κ1) is 16.7. The summed E-state index contributed by atoms with van der Waals surface area (Å²) in [5.41, 5.74) is 6.51. The molecule has 0 saturated heterocycles. The summed E-state index contributed by atoms with van der Waals surface area (Å²) >= 11 is 0. The normalized spacial score (nSPS) is 13.0. The highest BCUT2D eigenvalue weighted by Gasteiger charge is 2.20. The Balaban J connectivity index is 3.35. The summed E-state index contributed by atoms with van der Waals surface area (Å²) < 4.78 is 5.14. The third-order valence-electron chi connectivity index (χ3n) is 3.16. The van der Waals surface area contributed by atoms with Crippen molar-refractivity contribution in [3.63, 3.8) is 0 Å². The predicted octanol–water partition coefficient (Wildman–Crippen LogP) is 1.55. The Hall–Kier alpha value is -2.35. The molecule has 0 radical (unpaired) electrons. The third-order valence-corrected chi connectivity index (χ3v) is 3.16. The molecule has 0 heterocycles. The molecule has 0 bridgehead atoms. The number of amidine groups is 1. The molecule has 8 nitrogen and oxygen atoms in total. The zero-order valence-electron chi connectivity index (χ0n) is 12.3. The second kappa shape index (κ2) is 7.44. The number of nitro benzene ring substituents is 1. The largest absolute Gasteiger partial charge is 0.409 e. The second-order valence-electron chi connectivity index (χ2n) is 4.53. The van der Waals surface area contributed by atoms with E-state index in [1.807, 2.05) is 18.7 Å². The maximum Gasteiger partial charge on any atom is 0.270 e.